The number of amides is 1. The van der Waals surface area contributed by atoms with Crippen molar-refractivity contribution in [3.8, 4) is 0 Å². The highest BCUT2D eigenvalue weighted by Crippen LogP contribution is 2.19. The van der Waals surface area contributed by atoms with Gasteiger partial charge in [0.25, 0.3) is 5.91 Å². The molecule has 2 rings (SSSR count). The van der Waals surface area contributed by atoms with Crippen molar-refractivity contribution in [1.82, 2.24) is 4.90 Å². The number of ether oxygens (including phenoxy) is 2. The molecule has 100 valence electrons. The summed E-state index contributed by atoms with van der Waals surface area (Å²) < 4.78 is 15.5. The third-order valence-corrected chi connectivity index (χ3v) is 3.09. The molecule has 0 aliphatic carbocycles. The van der Waals surface area contributed by atoms with Crippen LogP contribution in [-0.2, 0) is 9.47 Å². The lowest BCUT2D eigenvalue weighted by Crippen LogP contribution is -2.29. The minimum atomic E-state index is -0.0283. The number of furan rings is 1. The van der Waals surface area contributed by atoms with Crippen LogP contribution in [0.4, 0.5) is 0 Å². The van der Waals surface area contributed by atoms with Gasteiger partial charge in [-0.25, -0.2) is 0 Å². The molecule has 1 aromatic heterocycles. The van der Waals surface area contributed by atoms with Gasteiger partial charge in [-0.3, -0.25) is 4.79 Å². The van der Waals surface area contributed by atoms with Crippen LogP contribution in [0, 0.1) is 5.92 Å². The fourth-order valence-electron chi connectivity index (χ4n) is 2.10. The Bertz CT molecular complexity index is 363. The van der Waals surface area contributed by atoms with Gasteiger partial charge < -0.3 is 18.8 Å². The SMILES string of the molecule is COCCOCC1CCN(C(=O)c2ccco2)C1. The molecule has 18 heavy (non-hydrogen) atoms. The molecule has 5 nitrogen and oxygen atoms in total. The maximum Gasteiger partial charge on any atom is 0.289 e. The summed E-state index contributed by atoms with van der Waals surface area (Å²) in [5.74, 6) is 0.802. The Morgan fingerprint density at radius 2 is 2.44 bits per heavy atom. The highest BCUT2D eigenvalue weighted by molar-refractivity contribution is 5.91. The third kappa shape index (κ3) is 3.34. The zero-order valence-electron chi connectivity index (χ0n) is 10.6. The number of methoxy groups -OCH3 is 1. The Morgan fingerprint density at radius 1 is 1.56 bits per heavy atom. The second-order valence-electron chi connectivity index (χ2n) is 4.45. The van der Waals surface area contributed by atoms with E-state index in [0.29, 0.717) is 31.5 Å². The molecule has 0 bridgehead atoms. The van der Waals surface area contributed by atoms with Crippen molar-refractivity contribution in [3.63, 3.8) is 0 Å². The van der Waals surface area contributed by atoms with Crippen LogP contribution in [-0.4, -0.2) is 50.8 Å². The maximum atomic E-state index is 12.0. The highest BCUT2D eigenvalue weighted by atomic mass is 16.5. The van der Waals surface area contributed by atoms with Crippen LogP contribution in [0.15, 0.2) is 22.8 Å². The van der Waals surface area contributed by atoms with Gasteiger partial charge in [-0.05, 0) is 18.6 Å². The van der Waals surface area contributed by atoms with Crippen LogP contribution in [0.3, 0.4) is 0 Å². The van der Waals surface area contributed by atoms with E-state index in [1.165, 1.54) is 6.26 Å². The molecule has 0 N–H and O–H groups in total. The molecule has 5 heteroatoms. The average molecular weight is 253 g/mol. The van der Waals surface area contributed by atoms with Gasteiger partial charge in [-0.2, -0.15) is 0 Å². The van der Waals surface area contributed by atoms with Gasteiger partial charge in [0, 0.05) is 26.1 Å². The molecule has 0 saturated carbocycles. The number of hydrogen-bond acceptors (Lipinski definition) is 4. The summed E-state index contributed by atoms with van der Waals surface area (Å²) in [6.07, 6.45) is 2.51. The van der Waals surface area contributed by atoms with Crippen LogP contribution >= 0.6 is 0 Å². The minimum Gasteiger partial charge on any atom is -0.459 e. The first-order valence-electron chi connectivity index (χ1n) is 6.20. The summed E-state index contributed by atoms with van der Waals surface area (Å²) in [5, 5.41) is 0. The van der Waals surface area contributed by atoms with Gasteiger partial charge in [-0.1, -0.05) is 0 Å². The Hall–Kier alpha value is -1.33. The van der Waals surface area contributed by atoms with Crippen molar-refractivity contribution in [2.45, 2.75) is 6.42 Å². The second kappa shape index (κ2) is 6.56. The van der Waals surface area contributed by atoms with E-state index in [2.05, 4.69) is 0 Å². The molecule has 0 aromatic carbocycles. The lowest BCUT2D eigenvalue weighted by atomic mass is 10.1. The van der Waals surface area contributed by atoms with Crippen molar-refractivity contribution in [2.24, 2.45) is 5.92 Å². The van der Waals surface area contributed by atoms with Crippen LogP contribution in [0.5, 0.6) is 0 Å². The van der Waals surface area contributed by atoms with Crippen molar-refractivity contribution < 1.29 is 18.7 Å². The molecule has 1 fully saturated rings. The summed E-state index contributed by atoms with van der Waals surface area (Å²) in [7, 11) is 1.66. The summed E-state index contributed by atoms with van der Waals surface area (Å²) in [5.41, 5.74) is 0. The molecule has 0 radical (unpaired) electrons. The summed E-state index contributed by atoms with van der Waals surface area (Å²) in [6, 6.07) is 3.43. The predicted molar refractivity (Wildman–Crippen MR) is 65.4 cm³/mol. The van der Waals surface area contributed by atoms with Gasteiger partial charge in [-0.15, -0.1) is 0 Å². The minimum absolute atomic E-state index is 0.0283. The van der Waals surface area contributed by atoms with E-state index in [4.69, 9.17) is 13.9 Å². The first-order valence-corrected chi connectivity index (χ1v) is 6.20. The lowest BCUT2D eigenvalue weighted by molar-refractivity contribution is 0.0512. The summed E-state index contributed by atoms with van der Waals surface area (Å²) in [4.78, 5) is 13.8. The number of nitrogens with zero attached hydrogens (tertiary/aromatic N) is 1. The van der Waals surface area contributed by atoms with Gasteiger partial charge in [0.2, 0.25) is 0 Å². The molecule has 1 unspecified atom stereocenters. The molecule has 1 amide bonds. The topological polar surface area (TPSA) is 51.9 Å². The largest absolute Gasteiger partial charge is 0.459 e. The Kier molecular flexibility index (Phi) is 4.78. The van der Waals surface area contributed by atoms with Crippen molar-refractivity contribution in [2.75, 3.05) is 40.0 Å². The number of carbonyl (C=O) groups is 1. The van der Waals surface area contributed by atoms with Crippen molar-refractivity contribution in [1.29, 1.82) is 0 Å². The standard InChI is InChI=1S/C13H19NO4/c1-16-7-8-17-10-11-4-5-14(9-11)13(15)12-3-2-6-18-12/h2-3,6,11H,4-5,7-10H2,1H3. The molecular weight excluding hydrogens is 234 g/mol. The zero-order valence-corrected chi connectivity index (χ0v) is 10.6. The van der Waals surface area contributed by atoms with Gasteiger partial charge >= 0.3 is 0 Å². The van der Waals surface area contributed by atoms with E-state index in [1.54, 1.807) is 19.2 Å². The molecule has 1 aromatic rings. The highest BCUT2D eigenvalue weighted by Gasteiger charge is 2.28. The third-order valence-electron chi connectivity index (χ3n) is 3.09. The zero-order chi connectivity index (χ0) is 12.8. The van der Waals surface area contributed by atoms with Crippen LogP contribution in [0.25, 0.3) is 0 Å². The van der Waals surface area contributed by atoms with Gasteiger partial charge in [0.15, 0.2) is 5.76 Å². The number of carbonyl (C=O) groups excluding carboxylic acids is 1. The van der Waals surface area contributed by atoms with E-state index in [1.807, 2.05) is 4.90 Å². The lowest BCUT2D eigenvalue weighted by Gasteiger charge is -2.15. The molecule has 1 saturated heterocycles. The first kappa shape index (κ1) is 13.1. The average Bonchev–Trinajstić information content (AvgIpc) is 3.05. The number of likely N-dealkylation sites (tertiary alicyclic amines) is 1. The van der Waals surface area contributed by atoms with E-state index in [-0.39, 0.29) is 5.91 Å². The molecular formula is C13H19NO4. The van der Waals surface area contributed by atoms with E-state index in [0.717, 1.165) is 19.5 Å². The van der Waals surface area contributed by atoms with E-state index >= 15 is 0 Å². The maximum absolute atomic E-state index is 12.0. The number of hydrogen-bond donors (Lipinski definition) is 0. The van der Waals surface area contributed by atoms with Gasteiger partial charge in [0.1, 0.15) is 0 Å². The van der Waals surface area contributed by atoms with Gasteiger partial charge in [0.05, 0.1) is 26.1 Å². The first-order chi connectivity index (χ1) is 8.81. The molecule has 2 heterocycles. The van der Waals surface area contributed by atoms with Crippen LogP contribution in [0.1, 0.15) is 17.0 Å². The fourth-order valence-corrected chi connectivity index (χ4v) is 2.10. The summed E-state index contributed by atoms with van der Waals surface area (Å²) in [6.45, 7) is 3.43. The van der Waals surface area contributed by atoms with Crippen molar-refractivity contribution >= 4 is 5.91 Å². The van der Waals surface area contributed by atoms with Crippen LogP contribution in [0.2, 0.25) is 0 Å². The Morgan fingerprint density at radius 3 is 3.17 bits per heavy atom. The van der Waals surface area contributed by atoms with Crippen molar-refractivity contribution in [3.05, 3.63) is 24.2 Å². The van der Waals surface area contributed by atoms with E-state index in [9.17, 15) is 4.79 Å². The second-order valence-corrected chi connectivity index (χ2v) is 4.45. The number of rotatable bonds is 6. The molecule has 1 atom stereocenters. The van der Waals surface area contributed by atoms with E-state index < -0.39 is 0 Å². The Labute approximate surface area is 107 Å². The van der Waals surface area contributed by atoms with Crippen LogP contribution < -0.4 is 0 Å². The monoisotopic (exact) mass is 253 g/mol. The normalized spacial score (nSPS) is 19.4. The summed E-state index contributed by atoms with van der Waals surface area (Å²) >= 11 is 0. The molecule has 1 aliphatic rings. The quantitative estimate of drug-likeness (QED) is 0.719. The Balaban J connectivity index is 1.73. The molecule has 0 spiro atoms. The predicted octanol–water partition coefficient (Wildman–Crippen LogP) is 1.40. The smallest absolute Gasteiger partial charge is 0.289 e. The fraction of sp³-hybridized carbons (Fsp3) is 0.615. The molecule has 1 aliphatic heterocycles.